The van der Waals surface area contributed by atoms with Crippen molar-refractivity contribution < 1.29 is 4.43 Å². The Balaban J connectivity index is 4.58. The Morgan fingerprint density at radius 3 is 2.32 bits per heavy atom. The third-order valence-electron chi connectivity index (χ3n) is 3.94. The molecule has 0 aliphatic heterocycles. The van der Waals surface area contributed by atoms with Crippen molar-refractivity contribution in [1.29, 1.82) is 5.26 Å². The Morgan fingerprint density at radius 1 is 1.32 bits per heavy atom. The van der Waals surface area contributed by atoms with Crippen LogP contribution < -0.4 is 0 Å². The minimum absolute atomic E-state index is 0.00341. The number of rotatable bonds is 7. The molecule has 0 aromatic rings. The van der Waals surface area contributed by atoms with E-state index < -0.39 is 8.32 Å². The molecule has 0 fully saturated rings. The van der Waals surface area contributed by atoms with E-state index in [1.165, 1.54) is 12.8 Å². The predicted molar refractivity (Wildman–Crippen MR) is 85.3 cm³/mol. The summed E-state index contributed by atoms with van der Waals surface area (Å²) >= 11 is 0. The second-order valence-corrected chi connectivity index (χ2v) is 11.6. The second-order valence-electron chi connectivity index (χ2n) is 6.87. The van der Waals surface area contributed by atoms with Crippen LogP contribution in [0, 0.1) is 17.2 Å². The van der Waals surface area contributed by atoms with Crippen LogP contribution in [0.5, 0.6) is 0 Å². The summed E-state index contributed by atoms with van der Waals surface area (Å²) in [6.07, 6.45) is 6.48. The maximum absolute atomic E-state index is 9.19. The first-order chi connectivity index (χ1) is 8.64. The van der Waals surface area contributed by atoms with Crippen molar-refractivity contribution in [3.8, 4) is 6.07 Å². The number of allylic oxidation sites excluding steroid dienone is 2. The first kappa shape index (κ1) is 18.2. The lowest BCUT2D eigenvalue weighted by atomic mass is 10.0. The fourth-order valence-corrected chi connectivity index (χ4v) is 2.85. The summed E-state index contributed by atoms with van der Waals surface area (Å²) in [7, 11) is -1.76. The molecule has 0 bridgehead atoms. The van der Waals surface area contributed by atoms with Crippen molar-refractivity contribution in [3.63, 3.8) is 0 Å². The Labute approximate surface area is 121 Å². The largest absolute Gasteiger partial charge is 0.547 e. The Morgan fingerprint density at radius 2 is 1.89 bits per heavy atom. The van der Waals surface area contributed by atoms with Crippen LogP contribution in [0.15, 0.2) is 11.8 Å². The van der Waals surface area contributed by atoms with Gasteiger partial charge in [-0.1, -0.05) is 47.0 Å². The molecule has 0 saturated heterocycles. The van der Waals surface area contributed by atoms with E-state index in [1.54, 1.807) is 0 Å². The van der Waals surface area contributed by atoms with E-state index in [9.17, 15) is 5.26 Å². The first-order valence-electron chi connectivity index (χ1n) is 7.41. The monoisotopic (exact) mass is 281 g/mol. The molecule has 0 aliphatic carbocycles. The molecule has 0 aliphatic rings. The lowest BCUT2D eigenvalue weighted by Gasteiger charge is -2.36. The van der Waals surface area contributed by atoms with Gasteiger partial charge in [0, 0.05) is 0 Å². The highest BCUT2D eigenvalue weighted by Crippen LogP contribution is 2.38. The Bertz CT molecular complexity index is 334. The summed E-state index contributed by atoms with van der Waals surface area (Å²) in [5.41, 5.74) is 0. The normalized spacial score (nSPS) is 14.9. The van der Waals surface area contributed by atoms with Gasteiger partial charge in [-0.05, 0) is 37.6 Å². The van der Waals surface area contributed by atoms with Crippen LogP contribution in [0.4, 0.5) is 0 Å². The van der Waals surface area contributed by atoms with E-state index in [1.807, 2.05) is 13.0 Å². The van der Waals surface area contributed by atoms with Gasteiger partial charge < -0.3 is 4.43 Å². The SMILES string of the molecule is CCCCCC(C#N)/C=C(\C)O[Si](C)(C)C(C)(C)C. The minimum Gasteiger partial charge on any atom is -0.547 e. The number of nitriles is 1. The van der Waals surface area contributed by atoms with Crippen LogP contribution in [-0.2, 0) is 4.43 Å². The van der Waals surface area contributed by atoms with Gasteiger partial charge in [0.25, 0.3) is 0 Å². The van der Waals surface area contributed by atoms with Gasteiger partial charge in [0.2, 0.25) is 8.32 Å². The molecular weight excluding hydrogens is 250 g/mol. The lowest BCUT2D eigenvalue weighted by Crippen LogP contribution is -2.40. The lowest BCUT2D eigenvalue weighted by molar-refractivity contribution is 0.381. The molecule has 0 radical (unpaired) electrons. The predicted octanol–water partition coefficient (Wildman–Crippen LogP) is 5.63. The Kier molecular flexibility index (Phi) is 7.44. The second kappa shape index (κ2) is 7.74. The molecule has 2 nitrogen and oxygen atoms in total. The molecule has 0 amide bonds. The topological polar surface area (TPSA) is 33.0 Å². The van der Waals surface area contributed by atoms with E-state index in [0.717, 1.165) is 18.6 Å². The molecule has 0 N–H and O–H groups in total. The van der Waals surface area contributed by atoms with Crippen LogP contribution >= 0.6 is 0 Å². The van der Waals surface area contributed by atoms with Crippen molar-refractivity contribution >= 4 is 8.32 Å². The summed E-state index contributed by atoms with van der Waals surface area (Å²) < 4.78 is 6.19. The maximum atomic E-state index is 9.19. The summed E-state index contributed by atoms with van der Waals surface area (Å²) in [5.74, 6) is 0.922. The van der Waals surface area contributed by atoms with Crippen molar-refractivity contribution in [2.24, 2.45) is 5.92 Å². The highest BCUT2D eigenvalue weighted by atomic mass is 28.4. The van der Waals surface area contributed by atoms with Gasteiger partial charge in [-0.3, -0.25) is 0 Å². The van der Waals surface area contributed by atoms with Gasteiger partial charge in [0.05, 0.1) is 17.7 Å². The fourth-order valence-electron chi connectivity index (χ4n) is 1.67. The molecule has 0 heterocycles. The van der Waals surface area contributed by atoms with Crippen LogP contribution in [0.1, 0.15) is 60.3 Å². The molecule has 0 rings (SSSR count). The molecule has 1 atom stereocenters. The van der Waals surface area contributed by atoms with Crippen LogP contribution in [0.3, 0.4) is 0 Å². The Hall–Kier alpha value is -0.753. The number of hydrogen-bond acceptors (Lipinski definition) is 2. The number of nitrogens with zero attached hydrogens (tertiary/aromatic N) is 1. The average molecular weight is 282 g/mol. The van der Waals surface area contributed by atoms with E-state index in [-0.39, 0.29) is 11.0 Å². The highest BCUT2D eigenvalue weighted by Gasteiger charge is 2.38. The summed E-state index contributed by atoms with van der Waals surface area (Å²) in [6.45, 7) is 15.3. The molecule has 1 unspecified atom stereocenters. The van der Waals surface area contributed by atoms with Gasteiger partial charge in [0.1, 0.15) is 0 Å². The summed E-state index contributed by atoms with van der Waals surface area (Å²) in [6, 6.07) is 2.38. The van der Waals surface area contributed by atoms with Crippen molar-refractivity contribution in [3.05, 3.63) is 11.8 Å². The summed E-state index contributed by atoms with van der Waals surface area (Å²) in [5, 5.41) is 9.39. The molecule has 19 heavy (non-hydrogen) atoms. The quantitative estimate of drug-likeness (QED) is 0.344. The zero-order chi connectivity index (χ0) is 15.1. The molecule has 0 aromatic heterocycles. The first-order valence-corrected chi connectivity index (χ1v) is 10.3. The van der Waals surface area contributed by atoms with Gasteiger partial charge in [-0.2, -0.15) is 5.26 Å². The molecular formula is C16H31NOSi. The molecule has 110 valence electrons. The van der Waals surface area contributed by atoms with E-state index in [0.29, 0.717) is 0 Å². The molecule has 0 saturated carbocycles. The van der Waals surface area contributed by atoms with Crippen LogP contribution in [0.25, 0.3) is 0 Å². The molecule has 0 spiro atoms. The number of unbranched alkanes of at least 4 members (excludes halogenated alkanes) is 2. The fraction of sp³-hybridized carbons (Fsp3) is 0.812. The minimum atomic E-state index is -1.76. The molecule has 0 aromatic carbocycles. The van der Waals surface area contributed by atoms with Crippen molar-refractivity contribution in [1.82, 2.24) is 0 Å². The zero-order valence-electron chi connectivity index (χ0n) is 13.8. The van der Waals surface area contributed by atoms with Crippen LogP contribution in [-0.4, -0.2) is 8.32 Å². The van der Waals surface area contributed by atoms with Crippen molar-refractivity contribution in [2.45, 2.75) is 78.4 Å². The average Bonchev–Trinajstić information content (AvgIpc) is 2.25. The van der Waals surface area contributed by atoms with Gasteiger partial charge in [-0.15, -0.1) is 0 Å². The van der Waals surface area contributed by atoms with E-state index >= 15 is 0 Å². The van der Waals surface area contributed by atoms with Crippen molar-refractivity contribution in [2.75, 3.05) is 0 Å². The third kappa shape index (κ3) is 6.82. The van der Waals surface area contributed by atoms with Gasteiger partial charge in [0.15, 0.2) is 0 Å². The number of hydrogen-bond donors (Lipinski definition) is 0. The van der Waals surface area contributed by atoms with E-state index in [2.05, 4.69) is 46.9 Å². The third-order valence-corrected chi connectivity index (χ3v) is 8.39. The smallest absolute Gasteiger partial charge is 0.250 e. The summed E-state index contributed by atoms with van der Waals surface area (Å²) in [4.78, 5) is 0. The van der Waals surface area contributed by atoms with Gasteiger partial charge >= 0.3 is 0 Å². The highest BCUT2D eigenvalue weighted by molar-refractivity contribution is 6.74. The maximum Gasteiger partial charge on any atom is 0.250 e. The zero-order valence-corrected chi connectivity index (χ0v) is 14.8. The molecule has 3 heteroatoms. The van der Waals surface area contributed by atoms with Crippen LogP contribution in [0.2, 0.25) is 18.1 Å². The van der Waals surface area contributed by atoms with Gasteiger partial charge in [-0.25, -0.2) is 0 Å². The standard InChI is InChI=1S/C16H31NOSi/c1-8-9-10-11-15(13-17)12-14(2)18-19(6,7)16(3,4)5/h12,15H,8-11H2,1-7H3/b14-12+. The van der Waals surface area contributed by atoms with E-state index in [4.69, 9.17) is 4.43 Å².